The highest BCUT2D eigenvalue weighted by Crippen LogP contribution is 2.35. The minimum Gasteiger partial charge on any atom is -0.481 e. The molecule has 2 aliphatic rings. The van der Waals surface area contributed by atoms with Gasteiger partial charge in [-0.05, 0) is 31.6 Å². The molecule has 90 valence electrons. The van der Waals surface area contributed by atoms with E-state index in [1.54, 1.807) is 11.9 Å². The number of hydrogen-bond donors (Lipinski definition) is 1. The second-order valence-electron chi connectivity index (χ2n) is 5.14. The third-order valence-corrected chi connectivity index (χ3v) is 3.76. The molecule has 0 aliphatic heterocycles. The van der Waals surface area contributed by atoms with E-state index >= 15 is 0 Å². The Balaban J connectivity index is 1.93. The van der Waals surface area contributed by atoms with Crippen molar-refractivity contribution in [1.82, 2.24) is 4.90 Å². The summed E-state index contributed by atoms with van der Waals surface area (Å²) in [5, 5.41) is 9.04. The average molecular weight is 225 g/mol. The van der Waals surface area contributed by atoms with E-state index in [9.17, 15) is 9.59 Å². The van der Waals surface area contributed by atoms with Crippen LogP contribution in [0.2, 0.25) is 0 Å². The highest BCUT2D eigenvalue weighted by Gasteiger charge is 2.39. The molecule has 16 heavy (non-hydrogen) atoms. The van der Waals surface area contributed by atoms with Crippen LogP contribution in [0.1, 0.15) is 32.1 Å². The number of nitrogens with zero attached hydrogens (tertiary/aromatic N) is 1. The first-order chi connectivity index (χ1) is 7.59. The van der Waals surface area contributed by atoms with Crippen LogP contribution in [0, 0.1) is 17.8 Å². The lowest BCUT2D eigenvalue weighted by atomic mass is 9.95. The Labute approximate surface area is 95.6 Å². The minimum atomic E-state index is -0.810. The Morgan fingerprint density at radius 1 is 1.19 bits per heavy atom. The summed E-state index contributed by atoms with van der Waals surface area (Å²) in [7, 11) is 1.80. The molecule has 0 bridgehead atoms. The number of carboxylic acid groups (broad SMARTS) is 1. The summed E-state index contributed by atoms with van der Waals surface area (Å²) in [6.07, 6.45) is 4.69. The topological polar surface area (TPSA) is 57.6 Å². The zero-order valence-corrected chi connectivity index (χ0v) is 9.69. The van der Waals surface area contributed by atoms with E-state index in [2.05, 4.69) is 0 Å². The fourth-order valence-electron chi connectivity index (χ4n) is 2.61. The molecule has 1 N–H and O–H groups in total. The number of hydrogen-bond acceptors (Lipinski definition) is 2. The van der Waals surface area contributed by atoms with Gasteiger partial charge in [0.2, 0.25) is 5.91 Å². The maximum absolute atomic E-state index is 12.1. The van der Waals surface area contributed by atoms with Gasteiger partial charge in [-0.2, -0.15) is 0 Å². The van der Waals surface area contributed by atoms with E-state index in [0.29, 0.717) is 12.3 Å². The first kappa shape index (κ1) is 11.4. The van der Waals surface area contributed by atoms with E-state index < -0.39 is 11.9 Å². The molecule has 0 aromatic heterocycles. The number of aliphatic carboxylic acids is 1. The molecule has 4 nitrogen and oxygen atoms in total. The molecule has 0 spiro atoms. The van der Waals surface area contributed by atoms with Gasteiger partial charge in [0.25, 0.3) is 0 Å². The van der Waals surface area contributed by atoms with Gasteiger partial charge in [-0.1, -0.05) is 6.42 Å². The van der Waals surface area contributed by atoms with Crippen molar-refractivity contribution in [2.75, 3.05) is 13.6 Å². The van der Waals surface area contributed by atoms with Gasteiger partial charge in [0.15, 0.2) is 0 Å². The van der Waals surface area contributed by atoms with Crippen LogP contribution in [0.15, 0.2) is 0 Å². The van der Waals surface area contributed by atoms with Gasteiger partial charge in [0.1, 0.15) is 0 Å². The lowest BCUT2D eigenvalue weighted by Gasteiger charge is -2.23. The Hall–Kier alpha value is -1.06. The highest BCUT2D eigenvalue weighted by atomic mass is 16.4. The molecular weight excluding hydrogens is 206 g/mol. The van der Waals surface area contributed by atoms with Crippen molar-refractivity contribution in [1.29, 1.82) is 0 Å². The lowest BCUT2D eigenvalue weighted by Crippen LogP contribution is -2.37. The molecule has 1 amide bonds. The van der Waals surface area contributed by atoms with Crippen molar-refractivity contribution >= 4 is 11.9 Å². The Morgan fingerprint density at radius 3 is 2.38 bits per heavy atom. The highest BCUT2D eigenvalue weighted by molar-refractivity contribution is 5.85. The summed E-state index contributed by atoms with van der Waals surface area (Å²) in [6.45, 7) is 0.807. The predicted octanol–water partition coefficient (Wildman–Crippen LogP) is 1.36. The Bertz CT molecular complexity index is 299. The van der Waals surface area contributed by atoms with E-state index in [1.807, 2.05) is 0 Å². The van der Waals surface area contributed by atoms with E-state index in [-0.39, 0.29) is 11.8 Å². The van der Waals surface area contributed by atoms with Crippen LogP contribution >= 0.6 is 0 Å². The SMILES string of the molecule is CN(CC1CC1)C(=O)[C@@H]1CCC[C@@H]1C(=O)O. The van der Waals surface area contributed by atoms with E-state index in [4.69, 9.17) is 5.11 Å². The molecule has 2 rings (SSSR count). The molecule has 0 unspecified atom stereocenters. The molecule has 0 heterocycles. The molecule has 0 saturated heterocycles. The van der Waals surface area contributed by atoms with Crippen LogP contribution in [0.4, 0.5) is 0 Å². The monoisotopic (exact) mass is 225 g/mol. The van der Waals surface area contributed by atoms with Crippen molar-refractivity contribution in [3.8, 4) is 0 Å². The number of amides is 1. The summed E-state index contributed by atoms with van der Waals surface area (Å²) in [6, 6.07) is 0. The number of carbonyl (C=O) groups is 2. The van der Waals surface area contributed by atoms with Crippen LogP contribution in [0.25, 0.3) is 0 Å². The van der Waals surface area contributed by atoms with Crippen molar-refractivity contribution in [2.45, 2.75) is 32.1 Å². The normalized spacial score (nSPS) is 29.1. The van der Waals surface area contributed by atoms with Gasteiger partial charge in [-0.3, -0.25) is 9.59 Å². The quantitative estimate of drug-likeness (QED) is 0.785. The third kappa shape index (κ3) is 2.36. The van der Waals surface area contributed by atoms with Crippen LogP contribution in [0.5, 0.6) is 0 Å². The molecule has 2 aliphatic carbocycles. The summed E-state index contributed by atoms with van der Waals surface area (Å²) < 4.78 is 0. The third-order valence-electron chi connectivity index (χ3n) is 3.76. The largest absolute Gasteiger partial charge is 0.481 e. The van der Waals surface area contributed by atoms with Crippen molar-refractivity contribution in [2.24, 2.45) is 17.8 Å². The molecule has 0 aromatic carbocycles. The zero-order valence-electron chi connectivity index (χ0n) is 9.69. The Kier molecular flexibility index (Phi) is 3.17. The summed E-state index contributed by atoms with van der Waals surface area (Å²) in [5.74, 6) is -0.832. The molecule has 2 atom stereocenters. The first-order valence-electron chi connectivity index (χ1n) is 6.07. The predicted molar refractivity (Wildman–Crippen MR) is 58.8 cm³/mol. The van der Waals surface area contributed by atoms with Crippen LogP contribution in [-0.4, -0.2) is 35.5 Å². The van der Waals surface area contributed by atoms with E-state index in [1.165, 1.54) is 12.8 Å². The number of carboxylic acids is 1. The maximum atomic E-state index is 12.1. The Morgan fingerprint density at radius 2 is 1.81 bits per heavy atom. The molecule has 2 fully saturated rings. The number of carbonyl (C=O) groups excluding carboxylic acids is 1. The average Bonchev–Trinajstić information content (AvgIpc) is 2.91. The zero-order chi connectivity index (χ0) is 11.7. The molecule has 0 radical (unpaired) electrons. The number of rotatable bonds is 4. The second-order valence-corrected chi connectivity index (χ2v) is 5.14. The van der Waals surface area contributed by atoms with Crippen LogP contribution < -0.4 is 0 Å². The van der Waals surface area contributed by atoms with Crippen LogP contribution in [-0.2, 0) is 9.59 Å². The van der Waals surface area contributed by atoms with Crippen molar-refractivity contribution < 1.29 is 14.7 Å². The van der Waals surface area contributed by atoms with Gasteiger partial charge in [0.05, 0.1) is 11.8 Å². The van der Waals surface area contributed by atoms with Gasteiger partial charge >= 0.3 is 5.97 Å². The second kappa shape index (κ2) is 4.44. The first-order valence-corrected chi connectivity index (χ1v) is 6.07. The van der Waals surface area contributed by atoms with Gasteiger partial charge in [0, 0.05) is 13.6 Å². The molecule has 4 heteroatoms. The summed E-state index contributed by atoms with van der Waals surface area (Å²) in [4.78, 5) is 24.8. The van der Waals surface area contributed by atoms with Crippen molar-refractivity contribution in [3.63, 3.8) is 0 Å². The fourth-order valence-corrected chi connectivity index (χ4v) is 2.61. The summed E-state index contributed by atoms with van der Waals surface area (Å²) >= 11 is 0. The van der Waals surface area contributed by atoms with Crippen molar-refractivity contribution in [3.05, 3.63) is 0 Å². The minimum absolute atomic E-state index is 0.0387. The summed E-state index contributed by atoms with van der Waals surface area (Å²) in [5.41, 5.74) is 0. The fraction of sp³-hybridized carbons (Fsp3) is 0.833. The maximum Gasteiger partial charge on any atom is 0.307 e. The molecular formula is C12H19NO3. The lowest BCUT2D eigenvalue weighted by molar-refractivity contribution is -0.148. The molecule has 0 aromatic rings. The van der Waals surface area contributed by atoms with Crippen LogP contribution in [0.3, 0.4) is 0 Å². The van der Waals surface area contributed by atoms with Gasteiger partial charge in [-0.25, -0.2) is 0 Å². The smallest absolute Gasteiger partial charge is 0.307 e. The van der Waals surface area contributed by atoms with Gasteiger partial charge < -0.3 is 10.0 Å². The van der Waals surface area contributed by atoms with E-state index in [0.717, 1.165) is 19.4 Å². The molecule has 2 saturated carbocycles. The standard InChI is InChI=1S/C12H19NO3/c1-13(7-8-5-6-8)11(14)9-3-2-4-10(9)12(15)16/h8-10H,2-7H2,1H3,(H,15,16)/t9-,10+/m1/s1. The van der Waals surface area contributed by atoms with Gasteiger partial charge in [-0.15, -0.1) is 0 Å².